The average molecular weight is 464 g/mol. The van der Waals surface area contributed by atoms with Gasteiger partial charge in [-0.05, 0) is 59.3 Å². The van der Waals surface area contributed by atoms with Crippen LogP contribution >= 0.6 is 0 Å². The van der Waals surface area contributed by atoms with Gasteiger partial charge < -0.3 is 29.8 Å². The summed E-state index contributed by atoms with van der Waals surface area (Å²) in [7, 11) is 3.07. The smallest absolute Gasteiger partial charge is 0.323 e. The summed E-state index contributed by atoms with van der Waals surface area (Å²) in [6.45, 7) is 0.207. The molecule has 174 valence electrons. The number of rotatable bonds is 7. The van der Waals surface area contributed by atoms with Gasteiger partial charge >= 0.3 is 6.03 Å². The molecule has 4 rings (SSSR count). The molecule has 9 nitrogen and oxygen atoms in total. The third-order valence-corrected chi connectivity index (χ3v) is 5.19. The molecule has 3 N–H and O–H groups in total. The summed E-state index contributed by atoms with van der Waals surface area (Å²) in [5.41, 5.74) is 1.78. The minimum Gasteiger partial charge on any atom is -0.497 e. The van der Waals surface area contributed by atoms with Gasteiger partial charge in [0.2, 0.25) is 5.88 Å². The zero-order valence-electron chi connectivity index (χ0n) is 18.3. The molecular weight excluding hydrogens is 443 g/mol. The second kappa shape index (κ2) is 9.49. The number of fused-ring (bicyclic) bond motifs is 1. The molecule has 0 aliphatic rings. The molecular formula is C24H21FN4O5. The number of aromatic nitrogens is 1. The van der Waals surface area contributed by atoms with Gasteiger partial charge in [-0.1, -0.05) is 6.07 Å². The summed E-state index contributed by atoms with van der Waals surface area (Å²) in [6.07, 6.45) is 0. The van der Waals surface area contributed by atoms with Gasteiger partial charge in [0.05, 0.1) is 26.3 Å². The van der Waals surface area contributed by atoms with Crippen LogP contribution < -0.4 is 20.1 Å². The van der Waals surface area contributed by atoms with Gasteiger partial charge in [-0.2, -0.15) is 0 Å². The summed E-state index contributed by atoms with van der Waals surface area (Å²) in [4.78, 5) is 23.8. The molecule has 10 heteroatoms. The van der Waals surface area contributed by atoms with Gasteiger partial charge in [0.15, 0.2) is 5.69 Å². The van der Waals surface area contributed by atoms with Crippen molar-refractivity contribution >= 4 is 34.0 Å². The molecule has 0 aliphatic heterocycles. The minimum absolute atomic E-state index is 0.154. The number of amides is 2. The van der Waals surface area contributed by atoms with E-state index >= 15 is 0 Å². The molecule has 0 spiro atoms. The Balaban J connectivity index is 1.64. The molecule has 2 amide bonds. The maximum atomic E-state index is 13.3. The minimum atomic E-state index is -0.599. The van der Waals surface area contributed by atoms with E-state index in [-0.39, 0.29) is 23.8 Å². The number of hydrogen-bond acceptors (Lipinski definition) is 6. The van der Waals surface area contributed by atoms with Gasteiger partial charge in [-0.15, -0.1) is 4.91 Å². The predicted molar refractivity (Wildman–Crippen MR) is 127 cm³/mol. The number of urea groups is 1. The fraction of sp³-hybridized carbons (Fsp3) is 0.125. The van der Waals surface area contributed by atoms with Crippen molar-refractivity contribution in [3.05, 3.63) is 77.0 Å². The van der Waals surface area contributed by atoms with Crippen LogP contribution in [-0.4, -0.2) is 29.9 Å². The van der Waals surface area contributed by atoms with Crippen LogP contribution in [-0.2, 0) is 6.54 Å². The van der Waals surface area contributed by atoms with Gasteiger partial charge in [0.1, 0.15) is 17.3 Å². The lowest BCUT2D eigenvalue weighted by atomic mass is 10.2. The molecule has 0 atom stereocenters. The van der Waals surface area contributed by atoms with E-state index in [9.17, 15) is 19.2 Å². The molecule has 0 radical (unpaired) electrons. The summed E-state index contributed by atoms with van der Waals surface area (Å²) in [5, 5.41) is 19.2. The number of nitrogens with one attached hydrogen (secondary N) is 2. The first-order valence-electron chi connectivity index (χ1n) is 10.2. The van der Waals surface area contributed by atoms with Crippen molar-refractivity contribution < 1.29 is 23.8 Å². The number of hydrogen-bond donors (Lipinski definition) is 3. The highest BCUT2D eigenvalue weighted by atomic mass is 19.1. The Morgan fingerprint density at radius 1 is 1.00 bits per heavy atom. The van der Waals surface area contributed by atoms with E-state index in [1.807, 2.05) is 0 Å². The molecule has 34 heavy (non-hydrogen) atoms. The van der Waals surface area contributed by atoms with Crippen LogP contribution in [0.5, 0.6) is 17.4 Å². The second-order valence-corrected chi connectivity index (χ2v) is 7.39. The molecule has 0 bridgehead atoms. The third-order valence-electron chi connectivity index (χ3n) is 5.19. The number of ether oxygens (including phenoxy) is 2. The second-order valence-electron chi connectivity index (χ2n) is 7.39. The summed E-state index contributed by atoms with van der Waals surface area (Å²) in [5.74, 6) is 0.365. The quantitative estimate of drug-likeness (QED) is 0.308. The van der Waals surface area contributed by atoms with Crippen molar-refractivity contribution in [3.8, 4) is 17.4 Å². The molecule has 0 fully saturated rings. The van der Waals surface area contributed by atoms with Gasteiger partial charge in [-0.25, -0.2) is 9.18 Å². The lowest BCUT2D eigenvalue weighted by Crippen LogP contribution is -2.19. The fourth-order valence-corrected chi connectivity index (χ4v) is 3.65. The highest BCUT2D eigenvalue weighted by molar-refractivity contribution is 6.03. The maximum absolute atomic E-state index is 13.3. The zero-order chi connectivity index (χ0) is 24.2. The van der Waals surface area contributed by atoms with E-state index in [1.54, 1.807) is 36.4 Å². The Labute approximate surface area is 193 Å². The number of aromatic hydroxyl groups is 1. The molecule has 0 saturated heterocycles. The van der Waals surface area contributed by atoms with Crippen LogP contribution in [0.4, 0.5) is 26.2 Å². The Kier molecular flexibility index (Phi) is 6.30. The highest BCUT2D eigenvalue weighted by Gasteiger charge is 2.19. The van der Waals surface area contributed by atoms with E-state index in [0.717, 1.165) is 5.56 Å². The highest BCUT2D eigenvalue weighted by Crippen LogP contribution is 2.40. The molecule has 1 heterocycles. The monoisotopic (exact) mass is 464 g/mol. The lowest BCUT2D eigenvalue weighted by Gasteiger charge is -2.11. The third kappa shape index (κ3) is 4.60. The standard InChI is InChI=1S/C24H21FN4O5/c1-33-18-8-14(9-19(12-18)34-2)13-29-21-7-6-17(11-20(21)22(28-32)23(29)30)27-24(31)26-16-5-3-4-15(25)10-16/h3-12,30H,13H2,1-2H3,(H2,26,27,31). The average Bonchev–Trinajstić information content (AvgIpc) is 3.08. The molecule has 0 unspecified atom stereocenters. The number of benzene rings is 3. The number of anilines is 2. The number of methoxy groups -OCH3 is 2. The molecule has 1 aromatic heterocycles. The number of carbonyl (C=O) groups excluding carboxylic acids is 1. The molecule has 0 saturated carbocycles. The first-order valence-corrected chi connectivity index (χ1v) is 10.2. The van der Waals surface area contributed by atoms with Crippen molar-refractivity contribution in [3.63, 3.8) is 0 Å². The Bertz CT molecular complexity index is 1360. The first kappa shape index (κ1) is 22.6. The normalized spacial score (nSPS) is 10.7. The Hall–Kier alpha value is -4.60. The largest absolute Gasteiger partial charge is 0.497 e. The first-order chi connectivity index (χ1) is 16.4. The van der Waals surface area contributed by atoms with E-state index in [0.29, 0.717) is 28.1 Å². The topological polar surface area (TPSA) is 114 Å². The van der Waals surface area contributed by atoms with Crippen molar-refractivity contribution in [2.75, 3.05) is 24.9 Å². The van der Waals surface area contributed by atoms with Crippen molar-refractivity contribution in [2.45, 2.75) is 6.54 Å². The van der Waals surface area contributed by atoms with Gasteiger partial charge in [0, 0.05) is 22.8 Å². The van der Waals surface area contributed by atoms with Crippen LogP contribution in [0.1, 0.15) is 5.56 Å². The Morgan fingerprint density at radius 3 is 2.29 bits per heavy atom. The zero-order valence-corrected chi connectivity index (χ0v) is 18.3. The van der Waals surface area contributed by atoms with Crippen LogP contribution in [0.25, 0.3) is 10.9 Å². The van der Waals surface area contributed by atoms with Crippen molar-refractivity contribution in [1.82, 2.24) is 4.57 Å². The van der Waals surface area contributed by atoms with E-state index in [4.69, 9.17) is 9.47 Å². The summed E-state index contributed by atoms with van der Waals surface area (Å²) >= 11 is 0. The van der Waals surface area contributed by atoms with Crippen LogP contribution in [0.15, 0.2) is 65.8 Å². The summed E-state index contributed by atoms with van der Waals surface area (Å²) < 4.78 is 25.4. The predicted octanol–water partition coefficient (Wildman–Crippen LogP) is 5.59. The summed E-state index contributed by atoms with van der Waals surface area (Å²) in [6, 6.07) is 15.0. The molecule has 3 aromatic carbocycles. The maximum Gasteiger partial charge on any atom is 0.323 e. The van der Waals surface area contributed by atoms with Crippen LogP contribution in [0, 0.1) is 10.7 Å². The van der Waals surface area contributed by atoms with E-state index in [2.05, 4.69) is 15.8 Å². The number of halogens is 1. The van der Waals surface area contributed by atoms with Crippen molar-refractivity contribution in [1.29, 1.82) is 0 Å². The molecule has 0 aliphatic carbocycles. The molecule has 4 aromatic rings. The van der Waals surface area contributed by atoms with Gasteiger partial charge in [0.25, 0.3) is 0 Å². The number of carbonyl (C=O) groups is 1. The number of nitrogens with zero attached hydrogens (tertiary/aromatic N) is 2. The van der Waals surface area contributed by atoms with Crippen molar-refractivity contribution in [2.24, 2.45) is 5.18 Å². The van der Waals surface area contributed by atoms with Crippen LogP contribution in [0.2, 0.25) is 0 Å². The number of nitroso groups, excluding NO2 is 1. The van der Waals surface area contributed by atoms with Gasteiger partial charge in [-0.3, -0.25) is 0 Å². The van der Waals surface area contributed by atoms with E-state index < -0.39 is 11.8 Å². The Morgan fingerprint density at radius 2 is 1.68 bits per heavy atom. The lowest BCUT2D eigenvalue weighted by molar-refractivity contribution is 0.262. The fourth-order valence-electron chi connectivity index (χ4n) is 3.65. The SMILES string of the molecule is COc1cc(Cn2c(O)c(N=O)c3cc(NC(=O)Nc4cccc(F)c4)ccc32)cc(OC)c1. The van der Waals surface area contributed by atoms with E-state index in [1.165, 1.54) is 43.1 Å². The van der Waals surface area contributed by atoms with Crippen LogP contribution in [0.3, 0.4) is 0 Å².